The topological polar surface area (TPSA) is 110 Å². The van der Waals surface area contributed by atoms with Crippen molar-refractivity contribution in [2.45, 2.75) is 45.8 Å². The van der Waals surface area contributed by atoms with Gasteiger partial charge in [0.15, 0.2) is 5.76 Å². The number of benzene rings is 1. The largest absolute Gasteiger partial charge is 0.459 e. The molecule has 0 spiro atoms. The summed E-state index contributed by atoms with van der Waals surface area (Å²) in [6.45, 7) is 6.12. The maximum atomic E-state index is 11.9. The number of anilines is 1. The van der Waals surface area contributed by atoms with Crippen LogP contribution in [0.3, 0.4) is 0 Å². The van der Waals surface area contributed by atoms with Gasteiger partial charge in [0, 0.05) is 25.2 Å². The lowest BCUT2D eigenvalue weighted by molar-refractivity contribution is -0.121. The van der Waals surface area contributed by atoms with Crippen LogP contribution in [-0.2, 0) is 16.1 Å². The second-order valence-electron chi connectivity index (χ2n) is 7.44. The summed E-state index contributed by atoms with van der Waals surface area (Å²) in [5.41, 5.74) is 0.995. The van der Waals surface area contributed by atoms with Crippen molar-refractivity contribution in [2.24, 2.45) is 0 Å². The Balaban J connectivity index is 1.64. The zero-order valence-corrected chi connectivity index (χ0v) is 16.9. The maximum Gasteiger partial charge on any atom is 0.407 e. The summed E-state index contributed by atoms with van der Waals surface area (Å²) < 4.78 is 10.2. The minimum Gasteiger partial charge on any atom is -0.459 e. The van der Waals surface area contributed by atoms with Gasteiger partial charge in [-0.15, -0.1) is 0 Å². The van der Waals surface area contributed by atoms with Crippen LogP contribution in [-0.4, -0.2) is 30.1 Å². The number of carbonyl (C=O) groups is 3. The van der Waals surface area contributed by atoms with Gasteiger partial charge in [-0.05, 0) is 57.0 Å². The van der Waals surface area contributed by atoms with E-state index in [1.807, 2.05) is 12.1 Å². The molecule has 0 saturated heterocycles. The van der Waals surface area contributed by atoms with E-state index in [1.54, 1.807) is 45.0 Å². The third kappa shape index (κ3) is 8.50. The van der Waals surface area contributed by atoms with Gasteiger partial charge in [-0.2, -0.15) is 0 Å². The first-order valence-corrected chi connectivity index (χ1v) is 9.40. The van der Waals surface area contributed by atoms with Crippen LogP contribution in [0.4, 0.5) is 10.5 Å². The van der Waals surface area contributed by atoms with Gasteiger partial charge in [0.1, 0.15) is 5.60 Å². The quantitative estimate of drug-likeness (QED) is 0.587. The number of ether oxygens (including phenoxy) is 1. The van der Waals surface area contributed by atoms with E-state index in [9.17, 15) is 14.4 Å². The molecule has 1 aromatic heterocycles. The van der Waals surface area contributed by atoms with Crippen molar-refractivity contribution in [3.05, 3.63) is 54.0 Å². The van der Waals surface area contributed by atoms with Crippen LogP contribution in [0.2, 0.25) is 0 Å². The van der Waals surface area contributed by atoms with Crippen molar-refractivity contribution in [1.82, 2.24) is 10.6 Å². The summed E-state index contributed by atoms with van der Waals surface area (Å²) in [4.78, 5) is 35.3. The van der Waals surface area contributed by atoms with Crippen molar-refractivity contribution in [1.29, 1.82) is 0 Å². The Hall–Kier alpha value is -3.29. The Morgan fingerprint density at radius 1 is 1.03 bits per heavy atom. The van der Waals surface area contributed by atoms with Crippen LogP contribution >= 0.6 is 0 Å². The number of rotatable bonds is 8. The average Bonchev–Trinajstić information content (AvgIpc) is 3.18. The predicted molar refractivity (Wildman–Crippen MR) is 108 cm³/mol. The van der Waals surface area contributed by atoms with Gasteiger partial charge < -0.3 is 25.1 Å². The number of carbonyl (C=O) groups excluding carboxylic acids is 3. The number of hydrogen-bond donors (Lipinski definition) is 3. The second-order valence-corrected chi connectivity index (χ2v) is 7.44. The van der Waals surface area contributed by atoms with E-state index in [0.717, 1.165) is 5.56 Å². The maximum absolute atomic E-state index is 11.9. The van der Waals surface area contributed by atoms with Gasteiger partial charge in [-0.3, -0.25) is 9.59 Å². The molecule has 1 aromatic carbocycles. The van der Waals surface area contributed by atoms with E-state index in [2.05, 4.69) is 16.0 Å². The smallest absolute Gasteiger partial charge is 0.407 e. The fourth-order valence-corrected chi connectivity index (χ4v) is 2.35. The van der Waals surface area contributed by atoms with E-state index < -0.39 is 11.7 Å². The Kier molecular flexibility index (Phi) is 7.82. The minimum atomic E-state index is -0.543. The molecule has 0 aliphatic carbocycles. The third-order valence-corrected chi connectivity index (χ3v) is 3.70. The van der Waals surface area contributed by atoms with Crippen LogP contribution in [0.15, 0.2) is 47.1 Å². The Morgan fingerprint density at radius 2 is 1.76 bits per heavy atom. The third-order valence-electron chi connectivity index (χ3n) is 3.70. The first kappa shape index (κ1) is 22.0. The fraction of sp³-hybridized carbons (Fsp3) is 0.381. The molecule has 29 heavy (non-hydrogen) atoms. The van der Waals surface area contributed by atoms with Gasteiger partial charge in [-0.25, -0.2) is 4.79 Å². The van der Waals surface area contributed by atoms with E-state index in [0.29, 0.717) is 31.6 Å². The molecule has 2 aromatic rings. The van der Waals surface area contributed by atoms with E-state index in [-0.39, 0.29) is 17.6 Å². The lowest BCUT2D eigenvalue weighted by Gasteiger charge is -2.19. The van der Waals surface area contributed by atoms with E-state index in [4.69, 9.17) is 9.15 Å². The molecule has 0 radical (unpaired) electrons. The SMILES string of the molecule is CC(C)(C)OC(=O)NCCCC(=O)NCc1ccc(NC(=O)c2ccco2)cc1. The molecule has 156 valence electrons. The summed E-state index contributed by atoms with van der Waals surface area (Å²) in [5, 5.41) is 8.17. The molecule has 0 bridgehead atoms. The Morgan fingerprint density at radius 3 is 2.38 bits per heavy atom. The molecule has 3 N–H and O–H groups in total. The van der Waals surface area contributed by atoms with Gasteiger partial charge in [0.25, 0.3) is 5.91 Å². The van der Waals surface area contributed by atoms with Crippen LogP contribution in [0.1, 0.15) is 49.7 Å². The van der Waals surface area contributed by atoms with E-state index in [1.165, 1.54) is 6.26 Å². The highest BCUT2D eigenvalue weighted by Gasteiger charge is 2.15. The first-order chi connectivity index (χ1) is 13.7. The molecule has 0 atom stereocenters. The van der Waals surface area contributed by atoms with Gasteiger partial charge >= 0.3 is 6.09 Å². The molecule has 8 heteroatoms. The van der Waals surface area contributed by atoms with Crippen molar-refractivity contribution in [3.63, 3.8) is 0 Å². The normalized spacial score (nSPS) is 10.9. The second kappa shape index (κ2) is 10.3. The number of alkyl carbamates (subject to hydrolysis) is 1. The molecule has 3 amide bonds. The summed E-state index contributed by atoms with van der Waals surface area (Å²) in [6.07, 6.45) is 1.77. The molecular formula is C21H27N3O5. The summed E-state index contributed by atoms with van der Waals surface area (Å²) in [6, 6.07) is 10.4. The molecule has 0 fully saturated rings. The standard InChI is InChI=1S/C21H27N3O5/c1-21(2,3)29-20(27)22-12-4-7-18(25)23-14-15-8-10-16(11-9-15)24-19(26)17-6-5-13-28-17/h5-6,8-11,13H,4,7,12,14H2,1-3H3,(H,22,27)(H,23,25)(H,24,26). The lowest BCUT2D eigenvalue weighted by Crippen LogP contribution is -2.33. The number of amides is 3. The fourth-order valence-electron chi connectivity index (χ4n) is 2.35. The molecule has 1 heterocycles. The van der Waals surface area contributed by atoms with E-state index >= 15 is 0 Å². The molecule has 8 nitrogen and oxygen atoms in total. The van der Waals surface area contributed by atoms with Crippen molar-refractivity contribution >= 4 is 23.6 Å². The van der Waals surface area contributed by atoms with Crippen LogP contribution in [0.25, 0.3) is 0 Å². The van der Waals surface area contributed by atoms with Crippen molar-refractivity contribution in [3.8, 4) is 0 Å². The van der Waals surface area contributed by atoms with Gasteiger partial charge in [-0.1, -0.05) is 12.1 Å². The highest BCUT2D eigenvalue weighted by atomic mass is 16.6. The van der Waals surface area contributed by atoms with Crippen molar-refractivity contribution in [2.75, 3.05) is 11.9 Å². The van der Waals surface area contributed by atoms with Crippen LogP contribution < -0.4 is 16.0 Å². The molecular weight excluding hydrogens is 374 g/mol. The zero-order chi connectivity index (χ0) is 21.3. The predicted octanol–water partition coefficient (Wildman–Crippen LogP) is 3.45. The van der Waals surface area contributed by atoms with Crippen LogP contribution in [0.5, 0.6) is 0 Å². The first-order valence-electron chi connectivity index (χ1n) is 9.40. The highest BCUT2D eigenvalue weighted by molar-refractivity contribution is 6.02. The summed E-state index contributed by atoms with van der Waals surface area (Å²) >= 11 is 0. The highest BCUT2D eigenvalue weighted by Crippen LogP contribution is 2.12. The number of hydrogen-bond acceptors (Lipinski definition) is 5. The van der Waals surface area contributed by atoms with Crippen LogP contribution in [0, 0.1) is 0 Å². The van der Waals surface area contributed by atoms with Crippen molar-refractivity contribution < 1.29 is 23.5 Å². The summed E-state index contributed by atoms with van der Waals surface area (Å²) in [5.74, 6) is -0.190. The molecule has 0 unspecified atom stereocenters. The molecule has 0 aliphatic heterocycles. The Labute approximate surface area is 170 Å². The van der Waals surface area contributed by atoms with Gasteiger partial charge in [0.05, 0.1) is 6.26 Å². The summed E-state index contributed by atoms with van der Waals surface area (Å²) in [7, 11) is 0. The molecule has 0 saturated carbocycles. The number of furan rings is 1. The molecule has 2 rings (SSSR count). The zero-order valence-electron chi connectivity index (χ0n) is 16.9. The minimum absolute atomic E-state index is 0.105. The molecule has 0 aliphatic rings. The lowest BCUT2D eigenvalue weighted by atomic mass is 10.2. The average molecular weight is 401 g/mol. The number of nitrogens with one attached hydrogen (secondary N) is 3. The monoisotopic (exact) mass is 401 g/mol. The van der Waals surface area contributed by atoms with Gasteiger partial charge in [0.2, 0.25) is 5.91 Å². The Bertz CT molecular complexity index is 808.